The molecule has 1 aromatic carbocycles. The number of thioether (sulfide) groups is 1. The number of ether oxygens (including phenoxy) is 1. The molecule has 0 aliphatic carbocycles. The summed E-state index contributed by atoms with van der Waals surface area (Å²) in [6.45, 7) is 4.84. The van der Waals surface area contributed by atoms with Gasteiger partial charge in [-0.1, -0.05) is 22.9 Å². The monoisotopic (exact) mass is 369 g/mol. The second kappa shape index (κ2) is 7.13. The summed E-state index contributed by atoms with van der Waals surface area (Å²) in [5.74, 6) is 0.470. The van der Waals surface area contributed by atoms with Crippen LogP contribution in [-0.2, 0) is 4.79 Å². The van der Waals surface area contributed by atoms with E-state index < -0.39 is 0 Å². The maximum absolute atomic E-state index is 12.2. The molecule has 0 aromatic heterocycles. The summed E-state index contributed by atoms with van der Waals surface area (Å²) in [5.41, 5.74) is 0.785. The Morgan fingerprint density at radius 2 is 2.10 bits per heavy atom. The number of nitrogens with zero attached hydrogens (tertiary/aromatic N) is 1. The van der Waals surface area contributed by atoms with Gasteiger partial charge in [0.2, 0.25) is 0 Å². The summed E-state index contributed by atoms with van der Waals surface area (Å²) in [7, 11) is 0. The third kappa shape index (κ3) is 3.68. The van der Waals surface area contributed by atoms with Crippen molar-refractivity contribution in [1.29, 1.82) is 0 Å². The first-order valence-corrected chi connectivity index (χ1v) is 8.35. The minimum absolute atomic E-state index is 0.207. The van der Waals surface area contributed by atoms with Gasteiger partial charge in [0.25, 0.3) is 11.1 Å². The summed E-state index contributed by atoms with van der Waals surface area (Å²) in [5, 5.41) is -0.207. The molecule has 0 atom stereocenters. The molecule has 0 N–H and O–H groups in total. The number of hydrogen-bond donors (Lipinski definition) is 0. The molecular formula is C15H16BrNO3S. The Morgan fingerprint density at radius 3 is 2.76 bits per heavy atom. The second-order valence-electron chi connectivity index (χ2n) is 4.45. The molecule has 6 heteroatoms. The average Bonchev–Trinajstić information content (AvgIpc) is 2.70. The summed E-state index contributed by atoms with van der Waals surface area (Å²) >= 11 is 4.38. The zero-order valence-electron chi connectivity index (χ0n) is 11.9. The Hall–Kier alpha value is -1.27. The van der Waals surface area contributed by atoms with Gasteiger partial charge in [-0.05, 0) is 49.4 Å². The molecule has 21 heavy (non-hydrogen) atoms. The van der Waals surface area contributed by atoms with Crippen LogP contribution in [-0.4, -0.2) is 29.2 Å². The van der Waals surface area contributed by atoms with Gasteiger partial charge in [-0.25, -0.2) is 0 Å². The summed E-state index contributed by atoms with van der Waals surface area (Å²) in [4.78, 5) is 25.8. The van der Waals surface area contributed by atoms with Gasteiger partial charge in [0.15, 0.2) is 0 Å². The summed E-state index contributed by atoms with van der Waals surface area (Å²) < 4.78 is 6.45. The zero-order chi connectivity index (χ0) is 15.4. The van der Waals surface area contributed by atoms with E-state index in [-0.39, 0.29) is 11.1 Å². The number of imide groups is 1. The number of rotatable bonds is 5. The molecule has 1 saturated heterocycles. The van der Waals surface area contributed by atoms with Crippen LogP contribution in [0.2, 0.25) is 0 Å². The lowest BCUT2D eigenvalue weighted by Crippen LogP contribution is -2.28. The van der Waals surface area contributed by atoms with Gasteiger partial charge in [0, 0.05) is 16.6 Å². The molecule has 1 aliphatic heterocycles. The van der Waals surface area contributed by atoms with Crippen LogP contribution in [0.25, 0.3) is 6.08 Å². The highest BCUT2D eigenvalue weighted by Gasteiger charge is 2.34. The van der Waals surface area contributed by atoms with Crippen molar-refractivity contribution in [3.8, 4) is 5.75 Å². The van der Waals surface area contributed by atoms with Gasteiger partial charge < -0.3 is 4.74 Å². The van der Waals surface area contributed by atoms with E-state index in [1.54, 1.807) is 6.08 Å². The van der Waals surface area contributed by atoms with Crippen molar-refractivity contribution < 1.29 is 14.3 Å². The van der Waals surface area contributed by atoms with E-state index >= 15 is 0 Å². The molecule has 112 valence electrons. The average molecular weight is 370 g/mol. The maximum Gasteiger partial charge on any atom is 0.293 e. The predicted octanol–water partition coefficient (Wildman–Crippen LogP) is 4.29. The fourth-order valence-electron chi connectivity index (χ4n) is 1.98. The van der Waals surface area contributed by atoms with Crippen LogP contribution in [0, 0.1) is 0 Å². The Balaban J connectivity index is 2.34. The number of benzene rings is 1. The first-order valence-electron chi connectivity index (χ1n) is 6.74. The number of carbonyl (C=O) groups is 2. The third-order valence-electron chi connectivity index (χ3n) is 2.88. The smallest absolute Gasteiger partial charge is 0.293 e. The van der Waals surface area contributed by atoms with Gasteiger partial charge in [-0.15, -0.1) is 0 Å². The van der Waals surface area contributed by atoms with Gasteiger partial charge in [-0.3, -0.25) is 14.5 Å². The van der Waals surface area contributed by atoms with Gasteiger partial charge in [0.1, 0.15) is 5.75 Å². The molecule has 4 nitrogen and oxygen atoms in total. The predicted molar refractivity (Wildman–Crippen MR) is 88.3 cm³/mol. The van der Waals surface area contributed by atoms with Gasteiger partial charge in [-0.2, -0.15) is 0 Å². The lowest BCUT2D eigenvalue weighted by atomic mass is 10.2. The van der Waals surface area contributed by atoms with E-state index in [9.17, 15) is 9.59 Å². The van der Waals surface area contributed by atoms with E-state index in [0.29, 0.717) is 23.8 Å². The molecule has 1 fully saturated rings. The van der Waals surface area contributed by atoms with E-state index in [1.165, 1.54) is 4.90 Å². The van der Waals surface area contributed by atoms with Crippen molar-refractivity contribution in [3.63, 3.8) is 0 Å². The lowest BCUT2D eigenvalue weighted by molar-refractivity contribution is -0.122. The molecule has 2 rings (SSSR count). The van der Waals surface area contributed by atoms with Crippen LogP contribution < -0.4 is 4.74 Å². The van der Waals surface area contributed by atoms with Crippen LogP contribution in [0.15, 0.2) is 27.6 Å². The third-order valence-corrected chi connectivity index (χ3v) is 4.28. The van der Waals surface area contributed by atoms with E-state index in [0.717, 1.165) is 28.2 Å². The first-order chi connectivity index (χ1) is 10.1. The van der Waals surface area contributed by atoms with Crippen molar-refractivity contribution in [2.45, 2.75) is 20.3 Å². The van der Waals surface area contributed by atoms with Crippen molar-refractivity contribution in [1.82, 2.24) is 4.90 Å². The maximum atomic E-state index is 12.2. The normalized spacial score (nSPS) is 16.9. The van der Waals surface area contributed by atoms with Crippen LogP contribution in [0.5, 0.6) is 5.75 Å². The summed E-state index contributed by atoms with van der Waals surface area (Å²) in [6, 6.07) is 5.60. The first kappa shape index (κ1) is 16.1. The molecule has 0 spiro atoms. The van der Waals surface area contributed by atoms with Crippen molar-refractivity contribution in [2.24, 2.45) is 0 Å². The van der Waals surface area contributed by atoms with E-state index in [2.05, 4.69) is 15.9 Å². The Labute approximate surface area is 136 Å². The molecule has 2 amide bonds. The molecule has 0 saturated carbocycles. The highest BCUT2D eigenvalue weighted by Crippen LogP contribution is 2.34. The lowest BCUT2D eigenvalue weighted by Gasteiger charge is -2.10. The minimum Gasteiger partial charge on any atom is -0.493 e. The highest BCUT2D eigenvalue weighted by molar-refractivity contribution is 9.10. The van der Waals surface area contributed by atoms with Gasteiger partial charge in [0.05, 0.1) is 11.5 Å². The van der Waals surface area contributed by atoms with Crippen molar-refractivity contribution in [2.75, 3.05) is 13.2 Å². The molecule has 1 aromatic rings. The van der Waals surface area contributed by atoms with Crippen LogP contribution in [0.3, 0.4) is 0 Å². The summed E-state index contributed by atoms with van der Waals surface area (Å²) in [6.07, 6.45) is 2.47. The van der Waals surface area contributed by atoms with E-state index in [4.69, 9.17) is 4.74 Å². The topological polar surface area (TPSA) is 46.6 Å². The fourth-order valence-corrected chi connectivity index (χ4v) is 3.21. The van der Waals surface area contributed by atoms with Crippen LogP contribution in [0.4, 0.5) is 4.79 Å². The highest BCUT2D eigenvalue weighted by atomic mass is 79.9. The number of carbonyl (C=O) groups excluding carboxylic acids is 2. The number of halogens is 1. The SMILES string of the molecule is CCCN1C(=O)SC(=Cc2cc(Br)ccc2OCC)C1=O. The molecular weight excluding hydrogens is 354 g/mol. The van der Waals surface area contributed by atoms with Crippen molar-refractivity contribution in [3.05, 3.63) is 33.1 Å². The second-order valence-corrected chi connectivity index (χ2v) is 6.36. The number of amides is 2. The zero-order valence-corrected chi connectivity index (χ0v) is 14.3. The molecule has 1 aliphatic rings. The quantitative estimate of drug-likeness (QED) is 0.726. The standard InChI is InChI=1S/C15H16BrNO3S/c1-3-7-17-14(18)13(21-15(17)19)9-10-8-11(16)5-6-12(10)20-4-2/h5-6,8-9H,3-4,7H2,1-2H3. The van der Waals surface area contributed by atoms with E-state index in [1.807, 2.05) is 32.0 Å². The molecule has 1 heterocycles. The Bertz CT molecular complexity index is 601. The molecule has 0 unspecified atom stereocenters. The fraction of sp³-hybridized carbons (Fsp3) is 0.333. The van der Waals surface area contributed by atoms with Crippen LogP contribution >= 0.6 is 27.7 Å². The minimum atomic E-state index is -0.228. The largest absolute Gasteiger partial charge is 0.493 e. The van der Waals surface area contributed by atoms with Gasteiger partial charge >= 0.3 is 0 Å². The van der Waals surface area contributed by atoms with Crippen LogP contribution in [0.1, 0.15) is 25.8 Å². The Morgan fingerprint density at radius 1 is 1.33 bits per heavy atom. The molecule has 0 radical (unpaired) electrons. The Kier molecular flexibility index (Phi) is 5.47. The molecule has 0 bridgehead atoms. The van der Waals surface area contributed by atoms with Crippen molar-refractivity contribution >= 4 is 44.9 Å². The number of hydrogen-bond acceptors (Lipinski definition) is 4.